The van der Waals surface area contributed by atoms with Crippen molar-refractivity contribution in [1.82, 2.24) is 4.98 Å². The number of hydrogen-bond donors (Lipinski definition) is 0. The molecule has 110 valence electrons. The van der Waals surface area contributed by atoms with Gasteiger partial charge in [0.25, 0.3) is 0 Å². The number of amides is 1. The van der Waals surface area contributed by atoms with Gasteiger partial charge in [-0.15, -0.1) is 11.8 Å². The van der Waals surface area contributed by atoms with Crippen LogP contribution in [-0.2, 0) is 4.79 Å². The van der Waals surface area contributed by atoms with Crippen molar-refractivity contribution in [3.63, 3.8) is 0 Å². The second kappa shape index (κ2) is 5.68. The fourth-order valence-corrected chi connectivity index (χ4v) is 5.14. The Morgan fingerprint density at radius 3 is 2.86 bits per heavy atom. The Balaban J connectivity index is 1.78. The molecule has 0 unspecified atom stereocenters. The van der Waals surface area contributed by atoms with Gasteiger partial charge in [-0.2, -0.15) is 0 Å². The van der Waals surface area contributed by atoms with Crippen LogP contribution in [0.1, 0.15) is 10.9 Å². The number of carbonyl (C=O) groups excluding carboxylic acids is 1. The van der Waals surface area contributed by atoms with Crippen molar-refractivity contribution in [1.29, 1.82) is 0 Å². The zero-order valence-corrected chi connectivity index (χ0v) is 14.6. The van der Waals surface area contributed by atoms with E-state index in [9.17, 15) is 4.79 Å². The highest BCUT2D eigenvalue weighted by Crippen LogP contribution is 2.44. The lowest BCUT2D eigenvalue weighted by atomic mass is 10.2. The number of thiazole rings is 1. The molecule has 2 aromatic carbocycles. The second-order valence-corrected chi connectivity index (χ2v) is 7.94. The highest BCUT2D eigenvalue weighted by molar-refractivity contribution is 9.10. The lowest BCUT2D eigenvalue weighted by Crippen LogP contribution is -2.27. The maximum Gasteiger partial charge on any atom is 0.240 e. The molecule has 1 aromatic heterocycles. The number of halogens is 1. The average molecular weight is 391 g/mol. The Kier molecular flexibility index (Phi) is 3.68. The van der Waals surface area contributed by atoms with E-state index in [4.69, 9.17) is 0 Å². The van der Waals surface area contributed by atoms with Gasteiger partial charge >= 0.3 is 0 Å². The van der Waals surface area contributed by atoms with E-state index in [1.807, 2.05) is 41.3 Å². The van der Waals surface area contributed by atoms with Crippen LogP contribution >= 0.6 is 39.0 Å². The predicted molar refractivity (Wildman–Crippen MR) is 96.4 cm³/mol. The maximum absolute atomic E-state index is 12.4. The summed E-state index contributed by atoms with van der Waals surface area (Å²) in [4.78, 5) is 18.9. The third kappa shape index (κ3) is 2.45. The first kappa shape index (κ1) is 14.2. The lowest BCUT2D eigenvalue weighted by molar-refractivity contribution is -0.115. The monoisotopic (exact) mass is 390 g/mol. The van der Waals surface area contributed by atoms with Gasteiger partial charge < -0.3 is 0 Å². The van der Waals surface area contributed by atoms with Gasteiger partial charge in [0, 0.05) is 4.47 Å². The molecule has 0 aliphatic carbocycles. The van der Waals surface area contributed by atoms with Crippen LogP contribution < -0.4 is 4.90 Å². The van der Waals surface area contributed by atoms with Gasteiger partial charge in [-0.1, -0.05) is 51.5 Å². The molecule has 0 spiro atoms. The Labute approximate surface area is 144 Å². The highest BCUT2D eigenvalue weighted by atomic mass is 79.9. The van der Waals surface area contributed by atoms with Crippen LogP contribution in [0, 0.1) is 0 Å². The van der Waals surface area contributed by atoms with Crippen molar-refractivity contribution in [3.05, 3.63) is 58.6 Å². The Morgan fingerprint density at radius 1 is 1.18 bits per heavy atom. The molecule has 0 bridgehead atoms. The van der Waals surface area contributed by atoms with Gasteiger partial charge in [0.15, 0.2) is 5.13 Å². The minimum Gasteiger partial charge on any atom is -0.273 e. The van der Waals surface area contributed by atoms with E-state index in [0.29, 0.717) is 5.75 Å². The molecule has 0 saturated carbocycles. The van der Waals surface area contributed by atoms with Gasteiger partial charge in [0.05, 0.1) is 16.0 Å². The molecule has 1 fully saturated rings. The number of anilines is 1. The van der Waals surface area contributed by atoms with Crippen LogP contribution in [0.25, 0.3) is 10.2 Å². The summed E-state index contributed by atoms with van der Waals surface area (Å²) in [6, 6.07) is 16.1. The number of aromatic nitrogens is 1. The van der Waals surface area contributed by atoms with E-state index in [-0.39, 0.29) is 11.3 Å². The average Bonchev–Trinajstić information content (AvgIpc) is 3.10. The van der Waals surface area contributed by atoms with E-state index in [2.05, 4.69) is 33.0 Å². The van der Waals surface area contributed by atoms with E-state index in [0.717, 1.165) is 25.4 Å². The first-order chi connectivity index (χ1) is 10.7. The molecule has 1 aliphatic heterocycles. The molecule has 3 nitrogen and oxygen atoms in total. The molecule has 1 amide bonds. The van der Waals surface area contributed by atoms with Crippen LogP contribution in [0.15, 0.2) is 53.0 Å². The molecule has 0 N–H and O–H groups in total. The number of rotatable bonds is 2. The molecule has 1 saturated heterocycles. The topological polar surface area (TPSA) is 33.2 Å². The Hall–Kier alpha value is -1.37. The summed E-state index contributed by atoms with van der Waals surface area (Å²) in [5.41, 5.74) is 2.06. The normalized spacial score (nSPS) is 18.3. The standard InChI is InChI=1S/C16H11BrN2OS2/c17-11-5-3-4-10(8-11)15-19(14(20)9-21-15)16-18-12-6-1-2-7-13(12)22-16/h1-8,15H,9H2/t15-/m0/s1. The predicted octanol–water partition coefficient (Wildman–Crippen LogP) is 4.84. The van der Waals surface area contributed by atoms with Crippen LogP contribution in [0.4, 0.5) is 5.13 Å². The first-order valence-corrected chi connectivity index (χ1v) is 9.43. The van der Waals surface area contributed by atoms with E-state index >= 15 is 0 Å². The summed E-state index contributed by atoms with van der Waals surface area (Å²) < 4.78 is 2.13. The minimum absolute atomic E-state index is 0.00874. The van der Waals surface area contributed by atoms with Gasteiger partial charge in [0.1, 0.15) is 5.37 Å². The zero-order valence-electron chi connectivity index (χ0n) is 11.4. The molecule has 4 rings (SSSR count). The number of thioether (sulfide) groups is 1. The number of para-hydroxylation sites is 1. The van der Waals surface area contributed by atoms with Crippen molar-refractivity contribution >= 4 is 60.3 Å². The van der Waals surface area contributed by atoms with Crippen molar-refractivity contribution in [2.45, 2.75) is 5.37 Å². The fraction of sp³-hybridized carbons (Fsp3) is 0.125. The molecule has 1 atom stereocenters. The third-order valence-electron chi connectivity index (χ3n) is 3.49. The number of carbonyl (C=O) groups is 1. The van der Waals surface area contributed by atoms with Crippen molar-refractivity contribution in [2.75, 3.05) is 10.7 Å². The molecule has 0 radical (unpaired) electrons. The number of fused-ring (bicyclic) bond motifs is 1. The maximum atomic E-state index is 12.4. The van der Waals surface area contributed by atoms with Crippen molar-refractivity contribution < 1.29 is 4.79 Å². The summed E-state index contributed by atoms with van der Waals surface area (Å²) in [5.74, 6) is 0.613. The van der Waals surface area contributed by atoms with Crippen molar-refractivity contribution in [2.24, 2.45) is 0 Å². The van der Waals surface area contributed by atoms with E-state index in [1.165, 1.54) is 0 Å². The molecule has 3 aromatic rings. The number of hydrogen-bond acceptors (Lipinski definition) is 4. The van der Waals surface area contributed by atoms with Crippen LogP contribution in [-0.4, -0.2) is 16.6 Å². The van der Waals surface area contributed by atoms with Gasteiger partial charge in [-0.25, -0.2) is 4.98 Å². The molecule has 6 heteroatoms. The van der Waals surface area contributed by atoms with Gasteiger partial charge in [0.2, 0.25) is 5.91 Å². The zero-order chi connectivity index (χ0) is 15.1. The number of benzene rings is 2. The van der Waals surface area contributed by atoms with Gasteiger partial charge in [-0.3, -0.25) is 9.69 Å². The van der Waals surface area contributed by atoms with Crippen LogP contribution in [0.5, 0.6) is 0 Å². The molecular weight excluding hydrogens is 380 g/mol. The summed E-state index contributed by atoms with van der Waals surface area (Å²) in [6.07, 6.45) is 0. The minimum atomic E-state index is -0.00874. The highest BCUT2D eigenvalue weighted by Gasteiger charge is 2.36. The van der Waals surface area contributed by atoms with Crippen LogP contribution in [0.2, 0.25) is 0 Å². The van der Waals surface area contributed by atoms with Crippen molar-refractivity contribution in [3.8, 4) is 0 Å². The Morgan fingerprint density at radius 2 is 2.05 bits per heavy atom. The smallest absolute Gasteiger partial charge is 0.240 e. The van der Waals surface area contributed by atoms with E-state index in [1.54, 1.807) is 23.1 Å². The van der Waals surface area contributed by atoms with Crippen LogP contribution in [0.3, 0.4) is 0 Å². The van der Waals surface area contributed by atoms with E-state index < -0.39 is 0 Å². The lowest BCUT2D eigenvalue weighted by Gasteiger charge is -2.21. The Bertz CT molecular complexity index is 831. The fourth-order valence-electron chi connectivity index (χ4n) is 2.50. The quantitative estimate of drug-likeness (QED) is 0.627. The summed E-state index contributed by atoms with van der Waals surface area (Å²) in [5, 5.41) is 0.770. The number of nitrogens with zero attached hydrogens (tertiary/aromatic N) is 2. The second-order valence-electron chi connectivity index (χ2n) is 4.95. The van der Waals surface area contributed by atoms with Gasteiger partial charge in [-0.05, 0) is 29.8 Å². The first-order valence-electron chi connectivity index (χ1n) is 6.77. The molecule has 1 aliphatic rings. The largest absolute Gasteiger partial charge is 0.273 e. The summed E-state index contributed by atoms with van der Waals surface area (Å²) in [7, 11) is 0. The molecular formula is C16H11BrN2OS2. The SMILES string of the molecule is O=C1CS[C@@H](c2cccc(Br)c2)N1c1nc2ccccc2s1. The molecule has 22 heavy (non-hydrogen) atoms. The third-order valence-corrected chi connectivity index (χ3v) is 6.23. The summed E-state index contributed by atoms with van der Waals surface area (Å²) >= 11 is 6.72. The summed E-state index contributed by atoms with van der Waals surface area (Å²) in [6.45, 7) is 0. The molecule has 2 heterocycles.